The molecule has 0 spiro atoms. The van der Waals surface area contributed by atoms with Gasteiger partial charge in [-0.1, -0.05) is 46.6 Å². The van der Waals surface area contributed by atoms with Crippen LogP contribution in [0.3, 0.4) is 0 Å². The number of imide groups is 1. The van der Waals surface area contributed by atoms with Crippen molar-refractivity contribution in [1.29, 1.82) is 0 Å². The van der Waals surface area contributed by atoms with Crippen LogP contribution in [0.25, 0.3) is 10.8 Å². The zero-order valence-electron chi connectivity index (χ0n) is 15.4. The Morgan fingerprint density at radius 3 is 2.52 bits per heavy atom. The molecule has 3 aromatic carbocycles. The molecule has 1 aliphatic heterocycles. The lowest BCUT2D eigenvalue weighted by Gasteiger charge is -2.27. The van der Waals surface area contributed by atoms with Gasteiger partial charge in [0, 0.05) is 21.0 Å². The summed E-state index contributed by atoms with van der Waals surface area (Å²) in [6.07, 6.45) is 0.669. The SMILES string of the molecule is CCCOC(=O)c1cc(N2C(=O)c3cccc4c(Br)ccc(c34)C2=O)ccc1Cl. The Hall–Kier alpha value is -2.70. The Bertz CT molecular complexity index is 1170. The van der Waals surface area contributed by atoms with Gasteiger partial charge in [0.2, 0.25) is 0 Å². The van der Waals surface area contributed by atoms with Gasteiger partial charge in [0.1, 0.15) is 0 Å². The largest absolute Gasteiger partial charge is 0.462 e. The van der Waals surface area contributed by atoms with E-state index in [1.54, 1.807) is 30.3 Å². The zero-order valence-corrected chi connectivity index (χ0v) is 17.7. The fourth-order valence-corrected chi connectivity index (χ4v) is 4.03. The lowest BCUT2D eigenvalue weighted by molar-refractivity contribution is 0.0504. The average Bonchev–Trinajstić information content (AvgIpc) is 2.72. The summed E-state index contributed by atoms with van der Waals surface area (Å²) in [7, 11) is 0. The third kappa shape index (κ3) is 3.22. The van der Waals surface area contributed by atoms with Crippen LogP contribution in [0.1, 0.15) is 44.4 Å². The summed E-state index contributed by atoms with van der Waals surface area (Å²) in [6.45, 7) is 2.14. The van der Waals surface area contributed by atoms with Crippen molar-refractivity contribution in [3.05, 3.63) is 74.7 Å². The summed E-state index contributed by atoms with van der Waals surface area (Å²) in [6, 6.07) is 13.2. The van der Waals surface area contributed by atoms with Gasteiger partial charge >= 0.3 is 5.97 Å². The minimum absolute atomic E-state index is 0.109. The number of amides is 2. The first kappa shape index (κ1) is 19.6. The molecule has 4 rings (SSSR count). The Balaban J connectivity index is 1.83. The van der Waals surface area contributed by atoms with Gasteiger partial charge in [0.25, 0.3) is 11.8 Å². The van der Waals surface area contributed by atoms with Gasteiger partial charge in [-0.25, -0.2) is 9.69 Å². The number of anilines is 1. The highest BCUT2D eigenvalue weighted by Crippen LogP contribution is 2.36. The Morgan fingerprint density at radius 1 is 1.07 bits per heavy atom. The highest BCUT2D eigenvalue weighted by Gasteiger charge is 2.34. The highest BCUT2D eigenvalue weighted by molar-refractivity contribution is 9.10. The molecule has 0 fully saturated rings. The second kappa shape index (κ2) is 7.61. The molecule has 0 bridgehead atoms. The number of hydrogen-bond donors (Lipinski definition) is 0. The number of nitrogens with zero attached hydrogens (tertiary/aromatic N) is 1. The first-order valence-electron chi connectivity index (χ1n) is 9.00. The zero-order chi connectivity index (χ0) is 20.7. The molecule has 1 aliphatic rings. The highest BCUT2D eigenvalue weighted by atomic mass is 79.9. The maximum atomic E-state index is 13.2. The third-order valence-corrected chi connectivity index (χ3v) is 5.74. The van der Waals surface area contributed by atoms with Crippen molar-refractivity contribution in [2.45, 2.75) is 13.3 Å². The fourth-order valence-electron chi connectivity index (χ4n) is 3.38. The Kier molecular flexibility index (Phi) is 5.15. The lowest BCUT2D eigenvalue weighted by Crippen LogP contribution is -2.40. The maximum Gasteiger partial charge on any atom is 0.339 e. The van der Waals surface area contributed by atoms with E-state index in [2.05, 4.69) is 15.9 Å². The molecule has 0 saturated heterocycles. The number of benzene rings is 3. The molecule has 0 radical (unpaired) electrons. The van der Waals surface area contributed by atoms with E-state index in [4.69, 9.17) is 16.3 Å². The van der Waals surface area contributed by atoms with Gasteiger partial charge in [-0.2, -0.15) is 0 Å². The van der Waals surface area contributed by atoms with Crippen LogP contribution < -0.4 is 4.90 Å². The van der Waals surface area contributed by atoms with Crippen molar-refractivity contribution < 1.29 is 19.1 Å². The Labute approximate surface area is 180 Å². The molecule has 3 aromatic rings. The number of esters is 1. The summed E-state index contributed by atoms with van der Waals surface area (Å²) in [5.74, 6) is -1.51. The van der Waals surface area contributed by atoms with Crippen LogP contribution in [0.5, 0.6) is 0 Å². The van der Waals surface area contributed by atoms with Crippen LogP contribution in [-0.2, 0) is 4.74 Å². The van der Waals surface area contributed by atoms with Gasteiger partial charge in [-0.3, -0.25) is 9.59 Å². The van der Waals surface area contributed by atoms with Crippen LogP contribution in [0.2, 0.25) is 5.02 Å². The summed E-state index contributed by atoms with van der Waals surface area (Å²) in [4.78, 5) is 39.8. The number of hydrogen-bond acceptors (Lipinski definition) is 4. The van der Waals surface area contributed by atoms with Crippen molar-refractivity contribution in [3.63, 3.8) is 0 Å². The van der Waals surface area contributed by atoms with E-state index in [0.717, 1.165) is 14.8 Å². The third-order valence-electron chi connectivity index (χ3n) is 4.72. The van der Waals surface area contributed by atoms with E-state index in [1.807, 2.05) is 13.0 Å². The molecule has 0 aliphatic carbocycles. The standard InChI is InChI=1S/C22H15BrClNO4/c1-2-10-29-22(28)16-11-12(6-9-18(16)24)25-20(26)14-5-3-4-13-17(23)8-7-15(19(13)14)21(25)27/h3-9,11H,2,10H2,1H3. The quantitative estimate of drug-likeness (QED) is 0.365. The van der Waals surface area contributed by atoms with E-state index in [0.29, 0.717) is 22.9 Å². The van der Waals surface area contributed by atoms with Gasteiger partial charge in [-0.15, -0.1) is 0 Å². The minimum atomic E-state index is -0.595. The Morgan fingerprint density at radius 2 is 1.79 bits per heavy atom. The van der Waals surface area contributed by atoms with Crippen LogP contribution >= 0.6 is 27.5 Å². The van der Waals surface area contributed by atoms with E-state index in [1.165, 1.54) is 12.1 Å². The lowest BCUT2D eigenvalue weighted by atomic mass is 9.93. The predicted octanol–water partition coefficient (Wildman–Crippen LogP) is 5.62. The second-order valence-corrected chi connectivity index (χ2v) is 7.83. The molecule has 146 valence electrons. The number of halogens is 2. The number of rotatable bonds is 4. The van der Waals surface area contributed by atoms with E-state index in [-0.39, 0.29) is 22.9 Å². The van der Waals surface area contributed by atoms with Crippen LogP contribution in [-0.4, -0.2) is 24.4 Å². The number of ether oxygens (including phenoxy) is 1. The number of carbonyl (C=O) groups is 3. The monoisotopic (exact) mass is 471 g/mol. The van der Waals surface area contributed by atoms with Crippen molar-refractivity contribution >= 4 is 61.8 Å². The molecular formula is C22H15BrClNO4. The maximum absolute atomic E-state index is 13.2. The molecule has 0 aromatic heterocycles. The summed E-state index contributed by atoms with van der Waals surface area (Å²) in [5.41, 5.74) is 1.21. The predicted molar refractivity (Wildman–Crippen MR) is 115 cm³/mol. The minimum Gasteiger partial charge on any atom is -0.462 e. The first-order valence-corrected chi connectivity index (χ1v) is 10.2. The van der Waals surface area contributed by atoms with Crippen LogP contribution in [0.4, 0.5) is 5.69 Å². The second-order valence-electron chi connectivity index (χ2n) is 6.57. The van der Waals surface area contributed by atoms with Gasteiger partial charge in [0.15, 0.2) is 0 Å². The van der Waals surface area contributed by atoms with Crippen molar-refractivity contribution in [1.82, 2.24) is 0 Å². The summed E-state index contributed by atoms with van der Waals surface area (Å²) >= 11 is 9.62. The van der Waals surface area contributed by atoms with Gasteiger partial charge in [0.05, 0.1) is 22.9 Å². The molecule has 0 atom stereocenters. The molecule has 29 heavy (non-hydrogen) atoms. The molecule has 0 N–H and O–H groups in total. The smallest absolute Gasteiger partial charge is 0.339 e. The molecule has 2 amide bonds. The number of carbonyl (C=O) groups excluding carboxylic acids is 3. The van der Waals surface area contributed by atoms with E-state index < -0.39 is 17.8 Å². The van der Waals surface area contributed by atoms with Gasteiger partial charge < -0.3 is 4.74 Å². The molecular weight excluding hydrogens is 458 g/mol. The molecule has 5 nitrogen and oxygen atoms in total. The van der Waals surface area contributed by atoms with E-state index in [9.17, 15) is 14.4 Å². The first-order chi connectivity index (χ1) is 13.9. The van der Waals surface area contributed by atoms with Crippen molar-refractivity contribution in [2.75, 3.05) is 11.5 Å². The van der Waals surface area contributed by atoms with Crippen LogP contribution in [0, 0.1) is 0 Å². The average molecular weight is 473 g/mol. The van der Waals surface area contributed by atoms with E-state index >= 15 is 0 Å². The van der Waals surface area contributed by atoms with Crippen LogP contribution in [0.15, 0.2) is 53.0 Å². The summed E-state index contributed by atoms with van der Waals surface area (Å²) < 4.78 is 5.96. The molecule has 1 heterocycles. The van der Waals surface area contributed by atoms with Crippen molar-refractivity contribution in [3.8, 4) is 0 Å². The molecule has 7 heteroatoms. The topological polar surface area (TPSA) is 63.7 Å². The summed E-state index contributed by atoms with van der Waals surface area (Å²) in [5, 5.41) is 1.60. The fraction of sp³-hybridized carbons (Fsp3) is 0.136. The van der Waals surface area contributed by atoms with Gasteiger partial charge in [-0.05, 0) is 48.2 Å². The normalized spacial score (nSPS) is 13.1. The van der Waals surface area contributed by atoms with Crippen molar-refractivity contribution in [2.24, 2.45) is 0 Å². The molecule has 0 saturated carbocycles. The molecule has 0 unspecified atom stereocenters.